The summed E-state index contributed by atoms with van der Waals surface area (Å²) in [6.07, 6.45) is 8.45. The van der Waals surface area contributed by atoms with Gasteiger partial charge in [0, 0.05) is 0 Å². The van der Waals surface area contributed by atoms with Crippen LogP contribution in [0.4, 0.5) is 0 Å². The molecule has 0 amide bonds. The van der Waals surface area contributed by atoms with Crippen LogP contribution in [0.5, 0.6) is 5.75 Å². The quantitative estimate of drug-likeness (QED) is 0.215. The molecule has 124 valence electrons. The van der Waals surface area contributed by atoms with Crippen molar-refractivity contribution < 1.29 is 14.3 Å². The Morgan fingerprint density at radius 2 is 1.77 bits per heavy atom. The van der Waals surface area contributed by atoms with Crippen molar-refractivity contribution in [1.29, 1.82) is 0 Å². The number of esters is 1. The third-order valence-electron chi connectivity index (χ3n) is 3.64. The fourth-order valence-corrected chi connectivity index (χ4v) is 3.05. The minimum atomic E-state index is -0.281. The SMILES string of the molecule is CCOC(=O)c1c(CCCCCCCCI)cccc1OC. The van der Waals surface area contributed by atoms with Crippen LogP contribution < -0.4 is 4.74 Å². The molecule has 1 aromatic rings. The Balaban J connectivity index is 2.56. The van der Waals surface area contributed by atoms with Crippen LogP contribution in [0.1, 0.15) is 61.4 Å². The lowest BCUT2D eigenvalue weighted by atomic mass is 9.99. The van der Waals surface area contributed by atoms with Crippen molar-refractivity contribution in [3.63, 3.8) is 0 Å². The molecule has 0 saturated carbocycles. The van der Waals surface area contributed by atoms with Crippen molar-refractivity contribution in [2.24, 2.45) is 0 Å². The van der Waals surface area contributed by atoms with Gasteiger partial charge in [0.25, 0.3) is 0 Å². The van der Waals surface area contributed by atoms with Gasteiger partial charge in [0.15, 0.2) is 0 Å². The molecular weight excluding hydrogens is 391 g/mol. The van der Waals surface area contributed by atoms with E-state index in [2.05, 4.69) is 22.6 Å². The summed E-state index contributed by atoms with van der Waals surface area (Å²) in [6.45, 7) is 2.20. The highest BCUT2D eigenvalue weighted by Gasteiger charge is 2.17. The first-order valence-electron chi connectivity index (χ1n) is 8.13. The van der Waals surface area contributed by atoms with Crippen LogP contribution in [0.2, 0.25) is 0 Å². The van der Waals surface area contributed by atoms with E-state index in [1.807, 2.05) is 25.1 Å². The molecule has 4 heteroatoms. The number of carbonyl (C=O) groups excluding carboxylic acids is 1. The van der Waals surface area contributed by atoms with E-state index >= 15 is 0 Å². The first-order valence-corrected chi connectivity index (χ1v) is 9.66. The van der Waals surface area contributed by atoms with Gasteiger partial charge < -0.3 is 9.47 Å². The van der Waals surface area contributed by atoms with Gasteiger partial charge in [-0.2, -0.15) is 0 Å². The van der Waals surface area contributed by atoms with Crippen LogP contribution in [0.15, 0.2) is 18.2 Å². The van der Waals surface area contributed by atoms with Crippen molar-refractivity contribution in [2.45, 2.75) is 51.9 Å². The Morgan fingerprint density at radius 1 is 1.09 bits per heavy atom. The second-order valence-electron chi connectivity index (χ2n) is 5.28. The number of carbonyl (C=O) groups is 1. The minimum Gasteiger partial charge on any atom is -0.496 e. The number of benzene rings is 1. The summed E-state index contributed by atoms with van der Waals surface area (Å²) >= 11 is 2.43. The van der Waals surface area contributed by atoms with Crippen LogP contribution in [0.25, 0.3) is 0 Å². The summed E-state index contributed by atoms with van der Waals surface area (Å²) in [6, 6.07) is 5.77. The average Bonchev–Trinajstić information content (AvgIpc) is 2.53. The standard InChI is InChI=1S/C18H27IO3/c1-3-22-18(20)17-15(12-10-13-16(17)21-2)11-8-6-4-5-7-9-14-19/h10,12-13H,3-9,11,14H2,1-2H3. The van der Waals surface area contributed by atoms with Crippen LogP contribution in [-0.2, 0) is 11.2 Å². The molecule has 0 aliphatic carbocycles. The summed E-state index contributed by atoms with van der Waals surface area (Å²) in [5.41, 5.74) is 1.63. The first kappa shape index (κ1) is 19.3. The van der Waals surface area contributed by atoms with Crippen LogP contribution in [-0.4, -0.2) is 24.1 Å². The van der Waals surface area contributed by atoms with Gasteiger partial charge in [0.1, 0.15) is 11.3 Å². The Bertz CT molecular complexity index is 446. The normalized spacial score (nSPS) is 10.5. The summed E-state index contributed by atoms with van der Waals surface area (Å²) in [5.74, 6) is 0.329. The maximum atomic E-state index is 12.1. The van der Waals surface area contributed by atoms with Gasteiger partial charge in [-0.25, -0.2) is 4.79 Å². The lowest BCUT2D eigenvalue weighted by Gasteiger charge is -2.13. The zero-order valence-electron chi connectivity index (χ0n) is 13.7. The predicted octanol–water partition coefficient (Wildman–Crippen LogP) is 5.19. The van der Waals surface area contributed by atoms with E-state index in [4.69, 9.17) is 9.47 Å². The second kappa shape index (κ2) is 11.7. The number of hydrogen-bond acceptors (Lipinski definition) is 3. The number of ether oxygens (including phenoxy) is 2. The first-order chi connectivity index (χ1) is 10.7. The van der Waals surface area contributed by atoms with Crippen molar-refractivity contribution in [1.82, 2.24) is 0 Å². The number of halogens is 1. The number of aryl methyl sites for hydroxylation is 1. The number of rotatable bonds is 11. The molecular formula is C18H27IO3. The van der Waals surface area contributed by atoms with Crippen LogP contribution in [0, 0.1) is 0 Å². The number of hydrogen-bond donors (Lipinski definition) is 0. The van der Waals surface area contributed by atoms with Gasteiger partial charge in [-0.15, -0.1) is 0 Å². The van der Waals surface area contributed by atoms with Gasteiger partial charge in [0.2, 0.25) is 0 Å². The molecule has 0 N–H and O–H groups in total. The van der Waals surface area contributed by atoms with Crippen molar-refractivity contribution >= 4 is 28.6 Å². The van der Waals surface area contributed by atoms with Gasteiger partial charge in [-0.3, -0.25) is 0 Å². The Kier molecular flexibility index (Phi) is 10.3. The monoisotopic (exact) mass is 418 g/mol. The zero-order chi connectivity index (χ0) is 16.2. The highest BCUT2D eigenvalue weighted by molar-refractivity contribution is 14.1. The topological polar surface area (TPSA) is 35.5 Å². The molecule has 22 heavy (non-hydrogen) atoms. The molecule has 1 aromatic carbocycles. The highest BCUT2D eigenvalue weighted by Crippen LogP contribution is 2.25. The molecule has 3 nitrogen and oxygen atoms in total. The van der Waals surface area contributed by atoms with E-state index in [0.29, 0.717) is 17.9 Å². The number of unbranched alkanes of at least 4 members (excludes halogenated alkanes) is 5. The van der Waals surface area contributed by atoms with Gasteiger partial charge >= 0.3 is 5.97 Å². The second-order valence-corrected chi connectivity index (χ2v) is 6.35. The van der Waals surface area contributed by atoms with E-state index in [1.54, 1.807) is 7.11 Å². The van der Waals surface area contributed by atoms with Crippen molar-refractivity contribution in [3.05, 3.63) is 29.3 Å². The van der Waals surface area contributed by atoms with Crippen molar-refractivity contribution in [3.8, 4) is 5.75 Å². The average molecular weight is 418 g/mol. The molecule has 0 aromatic heterocycles. The molecule has 0 aliphatic heterocycles. The summed E-state index contributed by atoms with van der Waals surface area (Å²) in [7, 11) is 1.59. The fraction of sp³-hybridized carbons (Fsp3) is 0.611. The van der Waals surface area contributed by atoms with E-state index in [-0.39, 0.29) is 5.97 Å². The molecule has 0 bridgehead atoms. The summed E-state index contributed by atoms with van der Waals surface area (Å²) < 4.78 is 11.7. The third-order valence-corrected chi connectivity index (χ3v) is 4.40. The molecule has 0 spiro atoms. The van der Waals surface area contributed by atoms with Crippen molar-refractivity contribution in [2.75, 3.05) is 18.1 Å². The van der Waals surface area contributed by atoms with E-state index in [0.717, 1.165) is 18.4 Å². The molecule has 1 rings (SSSR count). The Labute approximate surface area is 147 Å². The van der Waals surface area contributed by atoms with E-state index < -0.39 is 0 Å². The largest absolute Gasteiger partial charge is 0.496 e. The van der Waals surface area contributed by atoms with E-state index in [1.165, 1.54) is 36.5 Å². The maximum Gasteiger partial charge on any atom is 0.342 e. The number of alkyl halides is 1. The Hall–Kier alpha value is -0.780. The Morgan fingerprint density at radius 3 is 2.41 bits per heavy atom. The van der Waals surface area contributed by atoms with Gasteiger partial charge in [0.05, 0.1) is 13.7 Å². The van der Waals surface area contributed by atoms with Crippen LogP contribution >= 0.6 is 22.6 Å². The van der Waals surface area contributed by atoms with Gasteiger partial charge in [-0.05, 0) is 42.2 Å². The molecule has 0 aliphatic rings. The van der Waals surface area contributed by atoms with E-state index in [9.17, 15) is 4.79 Å². The molecule has 0 unspecified atom stereocenters. The molecule has 0 radical (unpaired) electrons. The number of methoxy groups -OCH3 is 1. The molecule has 0 fully saturated rings. The smallest absolute Gasteiger partial charge is 0.342 e. The highest BCUT2D eigenvalue weighted by atomic mass is 127. The summed E-state index contributed by atoms with van der Waals surface area (Å²) in [5, 5.41) is 0. The van der Waals surface area contributed by atoms with Crippen LogP contribution in [0.3, 0.4) is 0 Å². The zero-order valence-corrected chi connectivity index (χ0v) is 15.9. The molecule has 0 heterocycles. The molecule has 0 saturated heterocycles. The minimum absolute atomic E-state index is 0.281. The summed E-state index contributed by atoms with van der Waals surface area (Å²) in [4.78, 5) is 12.1. The fourth-order valence-electron chi connectivity index (χ4n) is 2.51. The predicted molar refractivity (Wildman–Crippen MR) is 99.2 cm³/mol. The maximum absolute atomic E-state index is 12.1. The third kappa shape index (κ3) is 6.55. The lowest BCUT2D eigenvalue weighted by Crippen LogP contribution is -2.10. The molecule has 0 atom stereocenters. The lowest BCUT2D eigenvalue weighted by molar-refractivity contribution is 0.0521. The van der Waals surface area contributed by atoms with Gasteiger partial charge in [-0.1, -0.05) is 60.4 Å².